The summed E-state index contributed by atoms with van der Waals surface area (Å²) in [5.74, 6) is 0. The standard InChI is InChI=1S/C55H38S/c1-55(2)49-34-39(31-32-47(49)51-52-48-23-13-14-24-50(48)56-54(52)46-22-12-11-21-45(46)53(51)55)36-25-28-37(29-26-36)41-17-5-3-4-6-18-42(44-20-10-9-19-43(41)44)40-30-27-35-15-7-8-16-38(35)33-40/h3-34H,1-2H3. The molecule has 56 heavy (non-hydrogen) atoms. The molecule has 0 amide bonds. The van der Waals surface area contributed by atoms with Crippen LogP contribution in [0.15, 0.2) is 194 Å². The fourth-order valence-corrected chi connectivity index (χ4v) is 10.7. The average Bonchev–Trinajstić information content (AvgIpc) is 3.74. The number of fused-ring (bicyclic) bond motifs is 12. The minimum atomic E-state index is -0.154. The van der Waals surface area contributed by atoms with Crippen molar-refractivity contribution in [3.8, 4) is 44.5 Å². The van der Waals surface area contributed by atoms with E-state index in [1.54, 1.807) is 0 Å². The minimum Gasteiger partial charge on any atom is -0.135 e. The zero-order valence-electron chi connectivity index (χ0n) is 31.4. The lowest BCUT2D eigenvalue weighted by molar-refractivity contribution is 0.667. The summed E-state index contributed by atoms with van der Waals surface area (Å²) in [6.07, 6.45) is 0. The lowest BCUT2D eigenvalue weighted by atomic mass is 9.79. The SMILES string of the molecule is CC1(C)c2cc(-c3ccc(-c4ccccccc(-c5ccc6ccccc6c5)c5ccccc45)cc3)ccc2-c2c1c1ccccc1c1sc3ccccc3c21. The van der Waals surface area contributed by atoms with Gasteiger partial charge in [-0.1, -0.05) is 190 Å². The van der Waals surface area contributed by atoms with Crippen LogP contribution in [-0.4, -0.2) is 0 Å². The highest BCUT2D eigenvalue weighted by atomic mass is 32.1. The van der Waals surface area contributed by atoms with Crippen LogP contribution >= 0.6 is 11.3 Å². The summed E-state index contributed by atoms with van der Waals surface area (Å²) >= 11 is 1.93. The third kappa shape index (κ3) is 5.05. The van der Waals surface area contributed by atoms with E-state index < -0.39 is 0 Å². The topological polar surface area (TPSA) is 0 Å². The van der Waals surface area contributed by atoms with Crippen molar-refractivity contribution in [3.63, 3.8) is 0 Å². The second-order valence-corrected chi connectivity index (χ2v) is 16.7. The van der Waals surface area contributed by atoms with Gasteiger partial charge in [-0.05, 0) is 106 Å². The van der Waals surface area contributed by atoms with Crippen molar-refractivity contribution in [2.75, 3.05) is 0 Å². The monoisotopic (exact) mass is 730 g/mol. The van der Waals surface area contributed by atoms with Crippen LogP contribution in [0.4, 0.5) is 0 Å². The highest BCUT2D eigenvalue weighted by Crippen LogP contribution is 2.57. The van der Waals surface area contributed by atoms with Crippen LogP contribution in [0, 0.1) is 0 Å². The zero-order valence-corrected chi connectivity index (χ0v) is 32.2. The molecule has 10 aromatic rings. The van der Waals surface area contributed by atoms with Gasteiger partial charge in [0.05, 0.1) is 0 Å². The predicted octanol–water partition coefficient (Wildman–Crippen LogP) is 15.9. The Kier molecular flexibility index (Phi) is 7.49. The first-order valence-corrected chi connectivity index (χ1v) is 20.3. The first-order chi connectivity index (χ1) is 27.5. The lowest BCUT2D eigenvalue weighted by Gasteiger charge is -2.24. The second-order valence-electron chi connectivity index (χ2n) is 15.6. The van der Waals surface area contributed by atoms with E-state index in [4.69, 9.17) is 0 Å². The van der Waals surface area contributed by atoms with Crippen molar-refractivity contribution >= 4 is 63.8 Å². The van der Waals surface area contributed by atoms with Gasteiger partial charge in [0.15, 0.2) is 0 Å². The molecule has 1 aromatic heterocycles. The van der Waals surface area contributed by atoms with Gasteiger partial charge in [0, 0.05) is 25.6 Å². The molecule has 0 aliphatic heterocycles. The molecule has 0 saturated heterocycles. The fraction of sp³-hybridized carbons (Fsp3) is 0.0545. The van der Waals surface area contributed by atoms with Gasteiger partial charge in [0.1, 0.15) is 0 Å². The Hall–Kier alpha value is -6.54. The normalized spacial score (nSPS) is 13.0. The second kappa shape index (κ2) is 12.8. The smallest absolute Gasteiger partial charge is 0.0440 e. The largest absolute Gasteiger partial charge is 0.135 e. The Labute approximate surface area is 331 Å². The lowest BCUT2D eigenvalue weighted by Crippen LogP contribution is -2.15. The molecule has 0 bridgehead atoms. The van der Waals surface area contributed by atoms with E-state index in [9.17, 15) is 0 Å². The van der Waals surface area contributed by atoms with Crippen molar-refractivity contribution < 1.29 is 0 Å². The van der Waals surface area contributed by atoms with Crippen LogP contribution in [0.1, 0.15) is 25.0 Å². The molecule has 0 N–H and O–H groups in total. The number of rotatable bonds is 3. The first-order valence-electron chi connectivity index (χ1n) is 19.5. The van der Waals surface area contributed by atoms with E-state index in [0.717, 1.165) is 0 Å². The molecule has 0 fully saturated rings. The summed E-state index contributed by atoms with van der Waals surface area (Å²) in [5.41, 5.74) is 12.8. The number of thiophene rings is 1. The van der Waals surface area contributed by atoms with Crippen LogP contribution in [0.5, 0.6) is 0 Å². The third-order valence-corrected chi connectivity index (χ3v) is 13.3. The maximum Gasteiger partial charge on any atom is 0.0440 e. The molecule has 0 nitrogen and oxygen atoms in total. The maximum absolute atomic E-state index is 2.47. The number of hydrogen-bond donors (Lipinski definition) is 0. The molecule has 264 valence electrons. The third-order valence-electron chi connectivity index (χ3n) is 12.1. The minimum absolute atomic E-state index is 0.154. The van der Waals surface area contributed by atoms with Crippen LogP contribution in [0.25, 0.3) is 97.0 Å². The average molecular weight is 731 g/mol. The summed E-state index contributed by atoms with van der Waals surface area (Å²) in [5, 5.41) is 10.4. The summed E-state index contributed by atoms with van der Waals surface area (Å²) in [4.78, 5) is 0. The highest BCUT2D eigenvalue weighted by molar-refractivity contribution is 7.26. The summed E-state index contributed by atoms with van der Waals surface area (Å²) < 4.78 is 2.75. The van der Waals surface area contributed by atoms with E-state index in [1.165, 1.54) is 108 Å². The van der Waals surface area contributed by atoms with Crippen molar-refractivity contribution in [2.24, 2.45) is 0 Å². The van der Waals surface area contributed by atoms with Gasteiger partial charge in [-0.3, -0.25) is 0 Å². The van der Waals surface area contributed by atoms with Crippen molar-refractivity contribution in [1.82, 2.24) is 0 Å². The van der Waals surface area contributed by atoms with Gasteiger partial charge in [-0.25, -0.2) is 0 Å². The molecule has 1 aliphatic carbocycles. The van der Waals surface area contributed by atoms with E-state index in [1.807, 2.05) is 11.3 Å². The molecule has 0 unspecified atom stereocenters. The van der Waals surface area contributed by atoms with Crippen molar-refractivity contribution in [2.45, 2.75) is 19.3 Å². The molecule has 1 aliphatic rings. The Morgan fingerprint density at radius 3 is 1.68 bits per heavy atom. The quantitative estimate of drug-likeness (QED) is 0.170. The molecule has 0 radical (unpaired) electrons. The van der Waals surface area contributed by atoms with Gasteiger partial charge < -0.3 is 0 Å². The van der Waals surface area contributed by atoms with Crippen LogP contribution in [-0.2, 0) is 5.41 Å². The summed E-state index contributed by atoms with van der Waals surface area (Å²) in [6, 6.07) is 71.7. The first kappa shape index (κ1) is 32.9. The van der Waals surface area contributed by atoms with Crippen LogP contribution < -0.4 is 0 Å². The molecule has 0 saturated carbocycles. The molecule has 1 heteroatoms. The molecule has 1 heterocycles. The van der Waals surface area contributed by atoms with Crippen LogP contribution in [0.2, 0.25) is 0 Å². The van der Waals surface area contributed by atoms with E-state index in [2.05, 4.69) is 208 Å². The molecule has 9 aromatic carbocycles. The van der Waals surface area contributed by atoms with Gasteiger partial charge in [0.25, 0.3) is 0 Å². The van der Waals surface area contributed by atoms with Crippen molar-refractivity contribution in [3.05, 3.63) is 205 Å². The molecule has 0 atom stereocenters. The fourth-order valence-electron chi connectivity index (χ4n) is 9.42. The molecular weight excluding hydrogens is 693 g/mol. The molecule has 11 rings (SSSR count). The Balaban J connectivity index is 1.05. The molecular formula is C55H38S. The summed E-state index contributed by atoms with van der Waals surface area (Å²) in [7, 11) is 0. The predicted molar refractivity (Wildman–Crippen MR) is 243 cm³/mol. The number of hydrogen-bond acceptors (Lipinski definition) is 1. The molecule has 0 spiro atoms. The Morgan fingerprint density at radius 1 is 0.375 bits per heavy atom. The van der Waals surface area contributed by atoms with Gasteiger partial charge in [-0.2, -0.15) is 0 Å². The van der Waals surface area contributed by atoms with Gasteiger partial charge >= 0.3 is 0 Å². The van der Waals surface area contributed by atoms with Gasteiger partial charge in [-0.15, -0.1) is 11.3 Å². The van der Waals surface area contributed by atoms with Crippen LogP contribution in [0.3, 0.4) is 0 Å². The van der Waals surface area contributed by atoms with E-state index in [0.29, 0.717) is 0 Å². The Bertz CT molecular complexity index is 3270. The van der Waals surface area contributed by atoms with Gasteiger partial charge in [0.2, 0.25) is 0 Å². The van der Waals surface area contributed by atoms with E-state index >= 15 is 0 Å². The van der Waals surface area contributed by atoms with Crippen molar-refractivity contribution in [1.29, 1.82) is 0 Å². The Morgan fingerprint density at radius 2 is 0.929 bits per heavy atom. The van der Waals surface area contributed by atoms with E-state index in [-0.39, 0.29) is 5.41 Å². The zero-order chi connectivity index (χ0) is 37.4. The number of benzene rings is 8. The maximum atomic E-state index is 2.47. The highest BCUT2D eigenvalue weighted by Gasteiger charge is 2.39. The summed E-state index contributed by atoms with van der Waals surface area (Å²) in [6.45, 7) is 4.84.